The van der Waals surface area contributed by atoms with Crippen molar-refractivity contribution in [3.8, 4) is 22.8 Å². The zero-order valence-corrected chi connectivity index (χ0v) is 14.5. The van der Waals surface area contributed by atoms with Crippen molar-refractivity contribution in [3.63, 3.8) is 0 Å². The third-order valence-corrected chi connectivity index (χ3v) is 3.74. The lowest BCUT2D eigenvalue weighted by atomic mass is 10.2. The SMILES string of the molecule is COCc1ccnc(Nc2nccc(-c3cccc(-c4ccon4)n3)n2)c1. The van der Waals surface area contributed by atoms with E-state index in [0.29, 0.717) is 41.1 Å². The molecule has 0 aliphatic rings. The van der Waals surface area contributed by atoms with E-state index in [2.05, 4.69) is 30.4 Å². The molecular formula is C19H16N6O2. The van der Waals surface area contributed by atoms with Crippen LogP contribution < -0.4 is 5.32 Å². The molecule has 0 unspecified atom stereocenters. The van der Waals surface area contributed by atoms with Crippen molar-refractivity contribution in [3.05, 3.63) is 66.7 Å². The first-order valence-corrected chi connectivity index (χ1v) is 8.24. The van der Waals surface area contributed by atoms with Crippen LogP contribution in [0, 0.1) is 0 Å². The molecule has 4 aromatic rings. The van der Waals surface area contributed by atoms with Crippen molar-refractivity contribution in [1.82, 2.24) is 25.1 Å². The van der Waals surface area contributed by atoms with Crippen molar-refractivity contribution < 1.29 is 9.26 Å². The predicted molar refractivity (Wildman–Crippen MR) is 99.0 cm³/mol. The number of hydrogen-bond acceptors (Lipinski definition) is 8. The van der Waals surface area contributed by atoms with Crippen LogP contribution in [0.5, 0.6) is 0 Å². The topological polar surface area (TPSA) is 98.8 Å². The Labute approximate surface area is 155 Å². The fourth-order valence-corrected chi connectivity index (χ4v) is 2.54. The lowest BCUT2D eigenvalue weighted by molar-refractivity contribution is 0.185. The second-order valence-corrected chi connectivity index (χ2v) is 5.67. The normalized spacial score (nSPS) is 10.7. The molecule has 0 saturated carbocycles. The minimum Gasteiger partial charge on any atom is -0.380 e. The average molecular weight is 360 g/mol. The Balaban J connectivity index is 1.60. The molecule has 0 saturated heterocycles. The van der Waals surface area contributed by atoms with Gasteiger partial charge in [-0.15, -0.1) is 0 Å². The smallest absolute Gasteiger partial charge is 0.228 e. The van der Waals surface area contributed by atoms with Gasteiger partial charge in [-0.05, 0) is 35.9 Å². The highest BCUT2D eigenvalue weighted by Gasteiger charge is 2.08. The summed E-state index contributed by atoms with van der Waals surface area (Å²) >= 11 is 0. The van der Waals surface area contributed by atoms with Crippen molar-refractivity contribution in [1.29, 1.82) is 0 Å². The number of rotatable bonds is 6. The quantitative estimate of drug-likeness (QED) is 0.558. The molecule has 134 valence electrons. The Morgan fingerprint density at radius 2 is 1.74 bits per heavy atom. The van der Waals surface area contributed by atoms with Gasteiger partial charge in [0, 0.05) is 25.6 Å². The Kier molecular flexibility index (Phi) is 4.80. The third kappa shape index (κ3) is 3.96. The van der Waals surface area contributed by atoms with Crippen LogP contribution in [-0.2, 0) is 11.3 Å². The molecule has 4 rings (SSSR count). The number of anilines is 2. The fraction of sp³-hybridized carbons (Fsp3) is 0.105. The number of methoxy groups -OCH3 is 1. The summed E-state index contributed by atoms with van der Waals surface area (Å²) in [5.74, 6) is 1.08. The minimum absolute atomic E-state index is 0.434. The Morgan fingerprint density at radius 1 is 0.926 bits per heavy atom. The van der Waals surface area contributed by atoms with Crippen LogP contribution in [0.25, 0.3) is 22.8 Å². The molecule has 0 radical (unpaired) electrons. The van der Waals surface area contributed by atoms with Crippen LogP contribution in [0.3, 0.4) is 0 Å². The summed E-state index contributed by atoms with van der Waals surface area (Å²) in [6.45, 7) is 0.511. The largest absolute Gasteiger partial charge is 0.380 e. The lowest BCUT2D eigenvalue weighted by Crippen LogP contribution is -2.01. The number of nitrogens with one attached hydrogen (secondary N) is 1. The first kappa shape index (κ1) is 16.8. The van der Waals surface area contributed by atoms with Gasteiger partial charge in [0.2, 0.25) is 5.95 Å². The van der Waals surface area contributed by atoms with Gasteiger partial charge in [0.05, 0.1) is 23.7 Å². The molecule has 8 heteroatoms. The van der Waals surface area contributed by atoms with Crippen LogP contribution in [0.15, 0.2) is 65.6 Å². The number of pyridine rings is 2. The molecule has 27 heavy (non-hydrogen) atoms. The molecular weight excluding hydrogens is 344 g/mol. The first-order valence-electron chi connectivity index (χ1n) is 8.24. The van der Waals surface area contributed by atoms with Crippen molar-refractivity contribution in [2.75, 3.05) is 12.4 Å². The average Bonchev–Trinajstić information content (AvgIpc) is 3.24. The van der Waals surface area contributed by atoms with Gasteiger partial charge >= 0.3 is 0 Å². The van der Waals surface area contributed by atoms with Gasteiger partial charge in [-0.1, -0.05) is 11.2 Å². The van der Waals surface area contributed by atoms with Gasteiger partial charge < -0.3 is 14.6 Å². The van der Waals surface area contributed by atoms with Gasteiger partial charge in [-0.25, -0.2) is 19.9 Å². The molecule has 0 fully saturated rings. The van der Waals surface area contributed by atoms with E-state index in [1.807, 2.05) is 30.3 Å². The maximum Gasteiger partial charge on any atom is 0.228 e. The number of nitrogens with zero attached hydrogens (tertiary/aromatic N) is 5. The summed E-state index contributed by atoms with van der Waals surface area (Å²) in [6.07, 6.45) is 4.90. The highest BCUT2D eigenvalue weighted by atomic mass is 16.5. The van der Waals surface area contributed by atoms with Crippen LogP contribution in [0.1, 0.15) is 5.56 Å². The number of aromatic nitrogens is 5. The van der Waals surface area contributed by atoms with E-state index < -0.39 is 0 Å². The Hall–Kier alpha value is -3.65. The van der Waals surface area contributed by atoms with E-state index in [0.717, 1.165) is 5.56 Å². The van der Waals surface area contributed by atoms with E-state index in [1.165, 1.54) is 6.26 Å². The highest BCUT2D eigenvalue weighted by molar-refractivity contribution is 5.62. The maximum atomic E-state index is 5.15. The summed E-state index contributed by atoms with van der Waals surface area (Å²) < 4.78 is 10.0. The minimum atomic E-state index is 0.434. The first-order chi connectivity index (χ1) is 13.3. The van der Waals surface area contributed by atoms with E-state index in [-0.39, 0.29) is 0 Å². The summed E-state index contributed by atoms with van der Waals surface area (Å²) in [7, 11) is 1.65. The summed E-state index contributed by atoms with van der Waals surface area (Å²) in [4.78, 5) is 17.7. The molecule has 1 N–H and O–H groups in total. The van der Waals surface area contributed by atoms with Crippen LogP contribution in [-0.4, -0.2) is 32.2 Å². The summed E-state index contributed by atoms with van der Waals surface area (Å²) in [6, 6.07) is 13.0. The highest BCUT2D eigenvalue weighted by Crippen LogP contribution is 2.21. The second-order valence-electron chi connectivity index (χ2n) is 5.67. The molecule has 8 nitrogen and oxygen atoms in total. The zero-order valence-electron chi connectivity index (χ0n) is 14.5. The van der Waals surface area contributed by atoms with E-state index in [1.54, 1.807) is 31.6 Å². The maximum absolute atomic E-state index is 5.15. The van der Waals surface area contributed by atoms with Crippen molar-refractivity contribution in [2.45, 2.75) is 6.61 Å². The van der Waals surface area contributed by atoms with Crippen LogP contribution >= 0.6 is 0 Å². The van der Waals surface area contributed by atoms with E-state index >= 15 is 0 Å². The van der Waals surface area contributed by atoms with Gasteiger partial charge in [0.15, 0.2) is 0 Å². The predicted octanol–water partition coefficient (Wildman–Crippen LogP) is 3.48. The van der Waals surface area contributed by atoms with Gasteiger partial charge in [-0.2, -0.15) is 0 Å². The number of ether oxygens (including phenoxy) is 1. The van der Waals surface area contributed by atoms with Gasteiger partial charge in [0.1, 0.15) is 17.8 Å². The van der Waals surface area contributed by atoms with Crippen LogP contribution in [0.4, 0.5) is 11.8 Å². The molecule has 0 bridgehead atoms. The Morgan fingerprint density at radius 3 is 2.56 bits per heavy atom. The molecule has 0 amide bonds. The molecule has 0 spiro atoms. The monoisotopic (exact) mass is 360 g/mol. The summed E-state index contributed by atoms with van der Waals surface area (Å²) in [5.41, 5.74) is 3.78. The van der Waals surface area contributed by atoms with Crippen molar-refractivity contribution in [2.24, 2.45) is 0 Å². The third-order valence-electron chi connectivity index (χ3n) is 3.74. The Bertz CT molecular complexity index is 1040. The molecule has 0 aliphatic heterocycles. The van der Waals surface area contributed by atoms with E-state index in [9.17, 15) is 0 Å². The van der Waals surface area contributed by atoms with Gasteiger partial charge in [-0.3, -0.25) is 0 Å². The number of hydrogen-bond donors (Lipinski definition) is 1. The zero-order chi connectivity index (χ0) is 18.5. The summed E-state index contributed by atoms with van der Waals surface area (Å²) in [5, 5.41) is 7.03. The molecule has 4 heterocycles. The molecule has 0 aromatic carbocycles. The fourth-order valence-electron chi connectivity index (χ4n) is 2.54. The molecule has 0 aliphatic carbocycles. The molecule has 0 atom stereocenters. The van der Waals surface area contributed by atoms with E-state index in [4.69, 9.17) is 9.26 Å². The second kappa shape index (κ2) is 7.71. The molecule has 4 aromatic heterocycles. The van der Waals surface area contributed by atoms with Crippen LogP contribution in [0.2, 0.25) is 0 Å². The van der Waals surface area contributed by atoms with Crippen molar-refractivity contribution >= 4 is 11.8 Å². The lowest BCUT2D eigenvalue weighted by Gasteiger charge is -2.07. The standard InChI is InChI=1S/C19H16N6O2/c1-26-12-13-5-8-20-18(11-13)24-19-21-9-6-16(23-19)14-3-2-4-15(22-14)17-7-10-27-25-17/h2-11H,12H2,1H3,(H,20,21,23,24). The van der Waals surface area contributed by atoms with Gasteiger partial charge in [0.25, 0.3) is 0 Å².